The Bertz CT molecular complexity index is 1130. The molecule has 2 fully saturated rings. The summed E-state index contributed by atoms with van der Waals surface area (Å²) in [4.78, 5) is 15.0. The van der Waals surface area contributed by atoms with Gasteiger partial charge in [-0.15, -0.1) is 0 Å². The van der Waals surface area contributed by atoms with Crippen molar-refractivity contribution >= 4 is 6.03 Å². The molecule has 2 heterocycles. The van der Waals surface area contributed by atoms with Gasteiger partial charge in [0.2, 0.25) is 0 Å². The molecule has 3 aliphatic rings. The van der Waals surface area contributed by atoms with Gasteiger partial charge in [0, 0.05) is 18.5 Å². The van der Waals surface area contributed by atoms with Gasteiger partial charge in [-0.05, 0) is 80.0 Å². The van der Waals surface area contributed by atoms with Gasteiger partial charge in [-0.2, -0.15) is 10.2 Å². The lowest BCUT2D eigenvalue weighted by molar-refractivity contribution is 0.0763. The van der Waals surface area contributed by atoms with Crippen molar-refractivity contribution in [3.63, 3.8) is 0 Å². The molecule has 0 spiro atoms. The first kappa shape index (κ1) is 25.1. The maximum Gasteiger partial charge on any atom is 0.317 e. The lowest BCUT2D eigenvalue weighted by Gasteiger charge is -2.51. The van der Waals surface area contributed by atoms with Gasteiger partial charge in [-0.3, -0.25) is 0 Å². The zero-order valence-electron chi connectivity index (χ0n) is 21.4. The third kappa shape index (κ3) is 4.17. The van der Waals surface area contributed by atoms with E-state index in [4.69, 9.17) is 5.10 Å². The van der Waals surface area contributed by atoms with Gasteiger partial charge in [0.25, 0.3) is 0 Å². The second-order valence-electron chi connectivity index (χ2n) is 11.4. The Balaban J connectivity index is 1.50. The van der Waals surface area contributed by atoms with Gasteiger partial charge in [0.15, 0.2) is 0 Å². The minimum Gasteiger partial charge on any atom is -0.394 e. The largest absolute Gasteiger partial charge is 0.394 e. The fourth-order valence-corrected chi connectivity index (χ4v) is 6.53. The average molecular weight is 499 g/mol. The van der Waals surface area contributed by atoms with Crippen LogP contribution in [0.5, 0.6) is 0 Å². The molecule has 2 N–H and O–H groups in total. The van der Waals surface area contributed by atoms with Crippen molar-refractivity contribution in [2.24, 2.45) is 11.8 Å². The van der Waals surface area contributed by atoms with Crippen molar-refractivity contribution in [1.82, 2.24) is 20.4 Å². The summed E-state index contributed by atoms with van der Waals surface area (Å²) in [6, 6.07) is 5.56. The summed E-state index contributed by atoms with van der Waals surface area (Å²) in [7, 11) is 0. The average Bonchev–Trinajstić information content (AvgIpc) is 3.64. The van der Waals surface area contributed by atoms with E-state index >= 15 is 0 Å². The van der Waals surface area contributed by atoms with E-state index < -0.39 is 17.2 Å². The number of hydrogen-bond donors (Lipinski definition) is 2. The minimum absolute atomic E-state index is 0.0300. The fourth-order valence-electron chi connectivity index (χ4n) is 6.53. The Morgan fingerprint density at radius 1 is 1.19 bits per heavy atom. The Morgan fingerprint density at radius 3 is 2.56 bits per heavy atom. The van der Waals surface area contributed by atoms with E-state index in [1.165, 1.54) is 18.2 Å². The zero-order valence-corrected chi connectivity index (χ0v) is 21.4. The summed E-state index contributed by atoms with van der Waals surface area (Å²) in [6.45, 7) is 7.82. The summed E-state index contributed by atoms with van der Waals surface area (Å²) >= 11 is 0. The quantitative estimate of drug-likeness (QED) is 0.597. The molecule has 0 radical (unpaired) electrons. The van der Waals surface area contributed by atoms with Crippen LogP contribution in [0.25, 0.3) is 11.3 Å². The van der Waals surface area contributed by atoms with E-state index in [-0.39, 0.29) is 47.1 Å². The van der Waals surface area contributed by atoms with E-state index in [1.807, 2.05) is 11.0 Å². The van der Waals surface area contributed by atoms with Gasteiger partial charge >= 0.3 is 6.03 Å². The van der Waals surface area contributed by atoms with Crippen LogP contribution in [0.15, 0.2) is 24.3 Å². The summed E-state index contributed by atoms with van der Waals surface area (Å²) in [5, 5.41) is 21.8. The molecule has 1 aromatic heterocycles. The highest BCUT2D eigenvalue weighted by atomic mass is 19.1. The first-order chi connectivity index (χ1) is 17.2. The standard InChI is InChI=1S/C28H36F2N4O2/c1-17(2)28(19-6-5-13-34(15-19)26(36)31-27(16-35)11-12-27)10-9-18(3)20-14-23(32-33-25(20)28)24-21(29)7-4-8-22(24)30/h4,7-8,14,17-19,35H,5-6,9-13,15-16H2,1-3H3,(H,31,36)/t18-,19-,28-/m0/s1. The highest BCUT2D eigenvalue weighted by Crippen LogP contribution is 2.53. The number of benzene rings is 1. The molecule has 1 aromatic carbocycles. The molecule has 1 saturated heterocycles. The first-order valence-corrected chi connectivity index (χ1v) is 13.2. The van der Waals surface area contributed by atoms with Crippen LogP contribution in [0.1, 0.15) is 76.5 Å². The number of carbonyl (C=O) groups excluding carboxylic acids is 1. The Hall–Kier alpha value is -2.61. The fraction of sp³-hybridized carbons (Fsp3) is 0.607. The van der Waals surface area contributed by atoms with E-state index in [1.54, 1.807) is 0 Å². The number of hydrogen-bond acceptors (Lipinski definition) is 4. The number of carbonyl (C=O) groups is 1. The molecule has 6 nitrogen and oxygen atoms in total. The van der Waals surface area contributed by atoms with Crippen molar-refractivity contribution < 1.29 is 18.7 Å². The molecular weight excluding hydrogens is 462 g/mol. The normalized spacial score (nSPS) is 27.0. The van der Waals surface area contributed by atoms with E-state index in [9.17, 15) is 18.7 Å². The van der Waals surface area contributed by atoms with Crippen LogP contribution in [0, 0.1) is 23.5 Å². The van der Waals surface area contributed by atoms with Crippen LogP contribution < -0.4 is 5.32 Å². The second kappa shape index (κ2) is 9.36. The zero-order chi connectivity index (χ0) is 25.7. The van der Waals surface area contributed by atoms with Crippen molar-refractivity contribution in [3.05, 3.63) is 47.2 Å². The Kier molecular flexibility index (Phi) is 6.52. The molecule has 2 amide bonds. The minimum atomic E-state index is -0.645. The second-order valence-corrected chi connectivity index (χ2v) is 11.4. The monoisotopic (exact) mass is 498 g/mol. The number of fused-ring (bicyclic) bond motifs is 1. The molecular formula is C28H36F2N4O2. The number of aliphatic hydroxyl groups excluding tert-OH is 1. The maximum atomic E-state index is 14.5. The molecule has 8 heteroatoms. The molecule has 2 aromatic rings. The molecule has 3 atom stereocenters. The van der Waals surface area contributed by atoms with Gasteiger partial charge < -0.3 is 15.3 Å². The molecule has 1 aliphatic heterocycles. The summed E-state index contributed by atoms with van der Waals surface area (Å²) < 4.78 is 29.1. The number of nitrogens with zero attached hydrogens (tertiary/aromatic N) is 3. The molecule has 1 saturated carbocycles. The smallest absolute Gasteiger partial charge is 0.317 e. The van der Waals surface area contributed by atoms with Gasteiger partial charge in [0.05, 0.1) is 29.1 Å². The number of aromatic nitrogens is 2. The third-order valence-electron chi connectivity index (χ3n) is 9.00. The van der Waals surface area contributed by atoms with Crippen molar-refractivity contribution in [3.8, 4) is 11.3 Å². The van der Waals surface area contributed by atoms with Crippen LogP contribution in [0.3, 0.4) is 0 Å². The predicted molar refractivity (Wildman–Crippen MR) is 133 cm³/mol. The Labute approximate surface area is 211 Å². The lowest BCUT2D eigenvalue weighted by atomic mass is 9.56. The number of nitrogens with one attached hydrogen (secondary N) is 1. The highest BCUT2D eigenvalue weighted by molar-refractivity contribution is 5.75. The number of urea groups is 1. The van der Waals surface area contributed by atoms with Gasteiger partial charge in [0.1, 0.15) is 11.6 Å². The van der Waals surface area contributed by atoms with Crippen LogP contribution in [0.2, 0.25) is 0 Å². The highest BCUT2D eigenvalue weighted by Gasteiger charge is 2.51. The Morgan fingerprint density at radius 2 is 1.92 bits per heavy atom. The SMILES string of the molecule is CC(C)[C@]1([C@H]2CCCN(C(=O)NC3(CO)CC3)C2)CC[C@H](C)c2cc(-c3c(F)cccc3F)nnc21. The predicted octanol–water partition coefficient (Wildman–Crippen LogP) is 5.16. The lowest BCUT2D eigenvalue weighted by Crippen LogP contribution is -2.55. The molecule has 0 bridgehead atoms. The van der Waals surface area contributed by atoms with E-state index in [2.05, 4.69) is 31.2 Å². The third-order valence-corrected chi connectivity index (χ3v) is 9.00. The van der Waals surface area contributed by atoms with Crippen molar-refractivity contribution in [2.75, 3.05) is 19.7 Å². The van der Waals surface area contributed by atoms with Crippen LogP contribution in [-0.4, -0.2) is 51.5 Å². The summed E-state index contributed by atoms with van der Waals surface area (Å²) in [6.07, 6.45) is 5.37. The molecule has 5 rings (SSSR count). The number of halogens is 2. The number of piperidine rings is 1. The molecule has 0 unspecified atom stereocenters. The topological polar surface area (TPSA) is 78.4 Å². The van der Waals surface area contributed by atoms with E-state index in [0.29, 0.717) is 13.1 Å². The number of likely N-dealkylation sites (tertiary alicyclic amines) is 1. The van der Waals surface area contributed by atoms with Gasteiger partial charge in [-0.1, -0.05) is 26.8 Å². The molecule has 36 heavy (non-hydrogen) atoms. The summed E-state index contributed by atoms with van der Waals surface area (Å²) in [5.74, 6) is -0.661. The first-order valence-electron chi connectivity index (χ1n) is 13.2. The van der Waals surface area contributed by atoms with Crippen LogP contribution >= 0.6 is 0 Å². The van der Waals surface area contributed by atoms with Crippen LogP contribution in [0.4, 0.5) is 13.6 Å². The molecule has 2 aliphatic carbocycles. The number of amides is 2. The van der Waals surface area contributed by atoms with Gasteiger partial charge in [-0.25, -0.2) is 13.6 Å². The maximum absolute atomic E-state index is 14.5. The van der Waals surface area contributed by atoms with E-state index in [0.717, 1.165) is 49.8 Å². The molecule has 194 valence electrons. The van der Waals surface area contributed by atoms with Crippen molar-refractivity contribution in [1.29, 1.82) is 0 Å². The number of rotatable bonds is 5. The summed E-state index contributed by atoms with van der Waals surface area (Å²) in [5.41, 5.74) is 1.27. The number of aliphatic hydroxyl groups is 1. The van der Waals surface area contributed by atoms with Crippen molar-refractivity contribution in [2.45, 2.75) is 76.2 Å². The van der Waals surface area contributed by atoms with Crippen LogP contribution in [-0.2, 0) is 5.41 Å².